The third-order valence-corrected chi connectivity index (χ3v) is 24.7. The van der Waals surface area contributed by atoms with Crippen molar-refractivity contribution in [1.29, 1.82) is 0 Å². The minimum absolute atomic E-state index is 0.111. The molecule has 4 N–H and O–H groups in total. The average Bonchev–Trinajstić information content (AvgIpc) is 2.73. The molecule has 0 saturated heterocycles. The lowest BCUT2D eigenvalue weighted by molar-refractivity contribution is 0.0454. The Morgan fingerprint density at radius 2 is 1.02 bits per heavy atom. The molecule has 88 heavy (non-hydrogen) atoms. The summed E-state index contributed by atoms with van der Waals surface area (Å²) in [5, 5.41) is 22.2. The van der Waals surface area contributed by atoms with Crippen molar-refractivity contribution in [3.8, 4) is 11.5 Å². The average molecular weight is 1290 g/mol. The van der Waals surface area contributed by atoms with Crippen molar-refractivity contribution >= 4 is 66.4 Å². The highest BCUT2D eigenvalue weighted by molar-refractivity contribution is 7.91. The molecule has 4 aromatic carbocycles. The normalized spacial score (nSPS) is 31.4. The van der Waals surface area contributed by atoms with E-state index in [2.05, 4.69) is 43.5 Å². The van der Waals surface area contributed by atoms with E-state index >= 15 is 0 Å². The first-order valence-corrected chi connectivity index (χ1v) is 35.5. The van der Waals surface area contributed by atoms with Crippen molar-refractivity contribution in [2.45, 2.75) is 162 Å². The molecule has 12 atom stereocenters. The number of ether oxygens (including phenoxy) is 4. The van der Waals surface area contributed by atoms with E-state index in [9.17, 15) is 36.6 Å². The Hall–Kier alpha value is -5.18. The molecule has 476 valence electrons. The molecule has 2 fully saturated rings. The molecule has 2 amide bonds. The quantitative estimate of drug-likeness (QED) is 0.132. The highest BCUT2D eigenvalue weighted by Gasteiger charge is 2.47. The summed E-state index contributed by atoms with van der Waals surface area (Å²) in [5.74, 6) is 0.801. The molecule has 20 heteroatoms. The monoisotopic (exact) mass is 1280 g/mol. The van der Waals surface area contributed by atoms with E-state index in [1.54, 1.807) is 50.6 Å². The summed E-state index contributed by atoms with van der Waals surface area (Å²) >= 11 is 12.8. The number of amides is 2. The predicted molar refractivity (Wildman–Crippen MR) is 344 cm³/mol. The van der Waals surface area contributed by atoms with Crippen LogP contribution in [0.2, 0.25) is 10.0 Å². The number of carbonyl (C=O) groups is 2. The number of aryl methyl sites for hydroxylation is 2. The number of aliphatic hydroxyl groups is 2. The number of halogens is 2. The molecule has 0 aromatic heterocycles. The van der Waals surface area contributed by atoms with Gasteiger partial charge in [0.25, 0.3) is 11.8 Å². The summed E-state index contributed by atoms with van der Waals surface area (Å²) in [7, 11) is -4.92. The fraction of sp³-hybridized carbons (Fsp3) is 0.559. The van der Waals surface area contributed by atoms with Crippen LogP contribution in [0.25, 0.3) is 0 Å². The van der Waals surface area contributed by atoms with Gasteiger partial charge in [0.05, 0.1) is 59.5 Å². The van der Waals surface area contributed by atoms with Gasteiger partial charge in [0.15, 0.2) is 0 Å². The van der Waals surface area contributed by atoms with E-state index in [0.29, 0.717) is 76.6 Å². The summed E-state index contributed by atoms with van der Waals surface area (Å²) < 4.78 is 82.6. The SMILES string of the molecule is CO[C@H](C)C[C@@H]1CC/C=C/[C@H](O)[C@@H]2CC[C@H]2CN2C[C@@]3(CCCc4cc(Cl)ccc43)COc3ccc(cc32)C(=O)NS1(=O)=O.CO[C@H](C)C[C@H]1CC/C=C/[C@H](O)[C@@H]2CC[C@H]2CN2C[C@@]3(CCCc4cc(Cl)ccc43)COc3ccc(cc32)C(=O)NS1(=O)=O. The standard InChI is InChI=1S/2C34H43ClN2O6S/c2*1-22(42-2)16-27-7-3-4-8-31(38)28-12-9-25(28)19-37-20-34(15-5-6-23-17-26(35)11-13-29(23)34)21-43-32-14-10-24(18-30(32)37)33(39)36-44(27,40)41/h2*4,8,10-11,13-14,17-18,22,25,27-28,31,38H,3,5-7,9,12,15-16,19-21H2,1-2H3,(H,36,39)/b2*8-4+/t22-,25+,27+,28-,31+,34+;22-,25+,27-,28-,31+,34+/m11/s1. The Bertz CT molecular complexity index is 3290. The van der Waals surface area contributed by atoms with E-state index in [1.807, 2.05) is 50.3 Å². The molecule has 4 aliphatic carbocycles. The van der Waals surface area contributed by atoms with Gasteiger partial charge in [-0.1, -0.05) is 59.6 Å². The van der Waals surface area contributed by atoms with Gasteiger partial charge in [-0.3, -0.25) is 9.59 Å². The molecule has 4 bridgehead atoms. The number of methoxy groups -OCH3 is 2. The van der Waals surface area contributed by atoms with Gasteiger partial charge in [0.2, 0.25) is 20.0 Å². The molecule has 2 saturated carbocycles. The van der Waals surface area contributed by atoms with Gasteiger partial charge < -0.3 is 39.0 Å². The van der Waals surface area contributed by atoms with Gasteiger partial charge in [-0.25, -0.2) is 26.3 Å². The van der Waals surface area contributed by atoms with Gasteiger partial charge in [0, 0.05) is 72.4 Å². The number of aliphatic hydroxyl groups excluding tert-OH is 2. The molecular formula is C68H86Cl2N4O12S2. The first-order chi connectivity index (χ1) is 42.2. The van der Waals surface area contributed by atoms with E-state index in [-0.39, 0.29) is 70.7 Å². The first-order valence-electron chi connectivity index (χ1n) is 31.7. The zero-order valence-corrected chi connectivity index (χ0v) is 54.2. The Balaban J connectivity index is 0.000000182. The van der Waals surface area contributed by atoms with Crippen LogP contribution in [0.4, 0.5) is 11.4 Å². The van der Waals surface area contributed by atoms with Crippen molar-refractivity contribution in [3.63, 3.8) is 0 Å². The summed E-state index contributed by atoms with van der Waals surface area (Å²) in [4.78, 5) is 31.7. The van der Waals surface area contributed by atoms with Crippen molar-refractivity contribution in [1.82, 2.24) is 9.44 Å². The van der Waals surface area contributed by atoms with E-state index in [1.165, 1.54) is 22.3 Å². The molecule has 4 aliphatic heterocycles. The topological polar surface area (TPSA) is 210 Å². The van der Waals surface area contributed by atoms with Crippen molar-refractivity contribution in [2.75, 3.05) is 63.4 Å². The van der Waals surface area contributed by atoms with Crippen LogP contribution < -0.4 is 28.7 Å². The second-order valence-electron chi connectivity index (χ2n) is 26.3. The third-order valence-electron chi connectivity index (χ3n) is 20.7. The highest BCUT2D eigenvalue weighted by atomic mass is 35.5. The molecular weight excluding hydrogens is 1200 g/mol. The number of nitrogens with zero attached hydrogens (tertiary/aromatic N) is 2. The Morgan fingerprint density at radius 3 is 1.41 bits per heavy atom. The Morgan fingerprint density at radius 1 is 0.602 bits per heavy atom. The molecule has 4 aromatic rings. The fourth-order valence-electron chi connectivity index (χ4n) is 15.2. The van der Waals surface area contributed by atoms with Gasteiger partial charge >= 0.3 is 0 Å². The number of allylic oxidation sites excluding steroid dienone is 2. The zero-order valence-electron chi connectivity index (χ0n) is 51.0. The van der Waals surface area contributed by atoms with Crippen LogP contribution in [0.5, 0.6) is 11.5 Å². The van der Waals surface area contributed by atoms with E-state index < -0.39 is 54.6 Å². The number of hydrogen-bond donors (Lipinski definition) is 4. The maximum atomic E-state index is 13.5. The van der Waals surface area contributed by atoms with Crippen LogP contribution in [-0.4, -0.2) is 127 Å². The second kappa shape index (κ2) is 27.0. The van der Waals surface area contributed by atoms with Crippen molar-refractivity contribution < 1.29 is 55.6 Å². The number of fused-ring (bicyclic) bond motifs is 8. The highest BCUT2D eigenvalue weighted by Crippen LogP contribution is 2.49. The molecule has 16 nitrogen and oxygen atoms in total. The fourth-order valence-corrected chi connectivity index (χ4v) is 18.6. The molecule has 4 heterocycles. The number of carbonyl (C=O) groups excluding carboxylic acids is 2. The second-order valence-corrected chi connectivity index (χ2v) is 31.1. The van der Waals surface area contributed by atoms with Gasteiger partial charge in [0.1, 0.15) is 11.5 Å². The first kappa shape index (κ1) is 64.4. The Kier molecular flexibility index (Phi) is 19.7. The molecule has 8 aliphatic rings. The summed E-state index contributed by atoms with van der Waals surface area (Å²) in [6.07, 6.45) is 17.5. The number of hydrogen-bond acceptors (Lipinski definition) is 14. The van der Waals surface area contributed by atoms with E-state index in [4.69, 9.17) is 42.1 Å². The molecule has 0 radical (unpaired) electrons. The van der Waals surface area contributed by atoms with Gasteiger partial charge in [-0.05, 0) is 223 Å². The van der Waals surface area contributed by atoms with Crippen LogP contribution in [0.1, 0.15) is 147 Å². The summed E-state index contributed by atoms with van der Waals surface area (Å²) in [6.45, 7) is 7.40. The number of rotatable bonds is 6. The van der Waals surface area contributed by atoms with Crippen molar-refractivity contribution in [2.24, 2.45) is 23.7 Å². The van der Waals surface area contributed by atoms with Crippen LogP contribution >= 0.6 is 23.2 Å². The molecule has 12 rings (SSSR count). The van der Waals surface area contributed by atoms with Crippen molar-refractivity contribution in [3.05, 3.63) is 141 Å². The zero-order chi connectivity index (χ0) is 62.1. The molecule has 0 unspecified atom stereocenters. The smallest absolute Gasteiger partial charge is 0.264 e. The lowest BCUT2D eigenvalue weighted by Gasteiger charge is -2.45. The van der Waals surface area contributed by atoms with Gasteiger partial charge in [-0.15, -0.1) is 0 Å². The lowest BCUT2D eigenvalue weighted by atomic mass is 9.68. The number of sulfonamides is 2. The van der Waals surface area contributed by atoms with Crippen LogP contribution in [0.3, 0.4) is 0 Å². The molecule has 2 spiro atoms. The summed E-state index contributed by atoms with van der Waals surface area (Å²) in [6, 6.07) is 22.7. The van der Waals surface area contributed by atoms with Gasteiger partial charge in [-0.2, -0.15) is 0 Å². The summed E-state index contributed by atoms with van der Waals surface area (Å²) in [5.41, 5.74) is 6.55. The van der Waals surface area contributed by atoms with Crippen LogP contribution in [0, 0.1) is 23.7 Å². The van der Waals surface area contributed by atoms with Crippen LogP contribution in [-0.2, 0) is 53.2 Å². The van der Waals surface area contributed by atoms with E-state index in [0.717, 1.165) is 85.6 Å². The minimum Gasteiger partial charge on any atom is -0.490 e. The Labute approximate surface area is 529 Å². The van der Waals surface area contributed by atoms with Crippen LogP contribution in [0.15, 0.2) is 97.1 Å². The number of nitrogens with one attached hydrogen (secondary N) is 2. The third kappa shape index (κ3) is 13.8. The largest absolute Gasteiger partial charge is 0.490 e. The maximum Gasteiger partial charge on any atom is 0.264 e. The minimum atomic E-state index is -4.01. The predicted octanol–water partition coefficient (Wildman–Crippen LogP) is 10.8. The lowest BCUT2D eigenvalue weighted by Crippen LogP contribution is -2.49. The number of benzene rings is 4. The maximum absolute atomic E-state index is 13.5. The number of anilines is 2.